The van der Waals surface area contributed by atoms with Crippen LogP contribution in [0.5, 0.6) is 5.75 Å². The number of hydrogen-bond donors (Lipinski definition) is 0. The van der Waals surface area contributed by atoms with Gasteiger partial charge in [0.05, 0.1) is 23.5 Å². The molecule has 2 aromatic carbocycles. The summed E-state index contributed by atoms with van der Waals surface area (Å²) >= 11 is 0. The SMILES string of the molecule is CCCOc1ccc(CN(C(=O)c2coc3c(C)cc(C)cc3c2=O)C2CCS(=O)(=O)C2)cc1. The fourth-order valence-corrected chi connectivity index (χ4v) is 6.12. The van der Waals surface area contributed by atoms with Crippen molar-refractivity contribution >= 4 is 26.7 Å². The van der Waals surface area contributed by atoms with Crippen LogP contribution in [0.1, 0.15) is 46.8 Å². The van der Waals surface area contributed by atoms with Gasteiger partial charge in [0.25, 0.3) is 5.91 Å². The first-order valence-corrected chi connectivity index (χ1v) is 13.3. The highest BCUT2D eigenvalue weighted by Gasteiger charge is 2.36. The number of sulfone groups is 1. The predicted octanol–water partition coefficient (Wildman–Crippen LogP) is 4.03. The Morgan fingerprint density at radius 1 is 1.18 bits per heavy atom. The molecule has 7 nitrogen and oxygen atoms in total. The van der Waals surface area contributed by atoms with E-state index in [0.717, 1.165) is 28.9 Å². The first-order valence-electron chi connectivity index (χ1n) is 11.4. The van der Waals surface area contributed by atoms with Gasteiger partial charge in [0.15, 0.2) is 9.84 Å². The summed E-state index contributed by atoms with van der Waals surface area (Å²) in [5.41, 5.74) is 2.47. The summed E-state index contributed by atoms with van der Waals surface area (Å²) in [6.07, 6.45) is 2.43. The fourth-order valence-electron chi connectivity index (χ4n) is 4.39. The van der Waals surface area contributed by atoms with Gasteiger partial charge < -0.3 is 14.1 Å². The number of ether oxygens (including phenoxy) is 1. The van der Waals surface area contributed by atoms with Gasteiger partial charge in [-0.05, 0) is 61.6 Å². The number of amides is 1. The van der Waals surface area contributed by atoms with E-state index in [4.69, 9.17) is 9.15 Å². The maximum Gasteiger partial charge on any atom is 0.261 e. The molecule has 180 valence electrons. The molecule has 1 amide bonds. The van der Waals surface area contributed by atoms with Gasteiger partial charge in [0, 0.05) is 12.6 Å². The number of carbonyl (C=O) groups is 1. The Morgan fingerprint density at radius 2 is 1.91 bits per heavy atom. The Kier molecular flexibility index (Phi) is 6.79. The second kappa shape index (κ2) is 9.62. The monoisotopic (exact) mass is 483 g/mol. The summed E-state index contributed by atoms with van der Waals surface area (Å²) < 4.78 is 35.7. The molecule has 1 aromatic heterocycles. The molecule has 0 N–H and O–H groups in total. The van der Waals surface area contributed by atoms with Crippen molar-refractivity contribution in [2.24, 2.45) is 0 Å². The minimum absolute atomic E-state index is 0.0238. The standard InChI is InChI=1S/C26H29NO6S/c1-4-10-32-21-7-5-19(6-8-21)14-27(20-9-11-34(30,31)16-20)26(29)23-15-33-25-18(3)12-17(2)13-22(25)24(23)28/h5-8,12-13,15,20H,4,9-11,14,16H2,1-3H3. The van der Waals surface area contributed by atoms with Crippen LogP contribution in [0.4, 0.5) is 0 Å². The molecule has 1 atom stereocenters. The van der Waals surface area contributed by atoms with Crippen molar-refractivity contribution in [3.8, 4) is 5.75 Å². The molecule has 1 aliphatic rings. The molecular weight excluding hydrogens is 454 g/mol. The lowest BCUT2D eigenvalue weighted by Crippen LogP contribution is -2.42. The average Bonchev–Trinajstić information content (AvgIpc) is 3.16. The van der Waals surface area contributed by atoms with Crippen LogP contribution in [0.2, 0.25) is 0 Å². The van der Waals surface area contributed by atoms with Crippen molar-refractivity contribution in [1.29, 1.82) is 0 Å². The number of rotatable bonds is 7. The van der Waals surface area contributed by atoms with Crippen molar-refractivity contribution in [2.45, 2.75) is 46.2 Å². The van der Waals surface area contributed by atoms with Gasteiger partial charge in [0.1, 0.15) is 23.2 Å². The van der Waals surface area contributed by atoms with Crippen LogP contribution in [-0.4, -0.2) is 43.4 Å². The molecule has 0 saturated carbocycles. The lowest BCUT2D eigenvalue weighted by atomic mass is 10.0. The van der Waals surface area contributed by atoms with Crippen LogP contribution < -0.4 is 10.2 Å². The number of benzene rings is 2. The van der Waals surface area contributed by atoms with Crippen molar-refractivity contribution < 1.29 is 22.4 Å². The molecule has 0 aliphatic carbocycles. The van der Waals surface area contributed by atoms with E-state index < -0.39 is 27.2 Å². The molecule has 1 saturated heterocycles. The highest BCUT2D eigenvalue weighted by atomic mass is 32.2. The lowest BCUT2D eigenvalue weighted by Gasteiger charge is -2.28. The zero-order chi connectivity index (χ0) is 24.5. The zero-order valence-corrected chi connectivity index (χ0v) is 20.5. The Bertz CT molecular complexity index is 1370. The number of nitrogens with zero attached hydrogens (tertiary/aromatic N) is 1. The molecule has 1 aliphatic heterocycles. The lowest BCUT2D eigenvalue weighted by molar-refractivity contribution is 0.0677. The summed E-state index contributed by atoms with van der Waals surface area (Å²) in [7, 11) is -3.24. The van der Waals surface area contributed by atoms with E-state index in [1.165, 1.54) is 11.2 Å². The molecule has 0 radical (unpaired) electrons. The van der Waals surface area contributed by atoms with E-state index in [9.17, 15) is 18.0 Å². The average molecular weight is 484 g/mol. The van der Waals surface area contributed by atoms with Gasteiger partial charge in [-0.15, -0.1) is 0 Å². The Labute approximate surface area is 199 Å². The van der Waals surface area contributed by atoms with Gasteiger partial charge in [-0.2, -0.15) is 0 Å². The van der Waals surface area contributed by atoms with Gasteiger partial charge in [-0.3, -0.25) is 9.59 Å². The molecule has 0 spiro atoms. The smallest absolute Gasteiger partial charge is 0.261 e. The Balaban J connectivity index is 1.70. The molecular formula is C26H29NO6S. The molecule has 8 heteroatoms. The maximum absolute atomic E-state index is 13.6. The predicted molar refractivity (Wildman–Crippen MR) is 131 cm³/mol. The summed E-state index contributed by atoms with van der Waals surface area (Å²) in [5.74, 6) is 0.111. The summed E-state index contributed by atoms with van der Waals surface area (Å²) in [5, 5.41) is 0.347. The van der Waals surface area contributed by atoms with E-state index in [1.807, 2.05) is 51.1 Å². The van der Waals surface area contributed by atoms with E-state index in [2.05, 4.69) is 0 Å². The van der Waals surface area contributed by atoms with Gasteiger partial charge >= 0.3 is 0 Å². The van der Waals surface area contributed by atoms with Crippen LogP contribution in [-0.2, 0) is 16.4 Å². The van der Waals surface area contributed by atoms with Crippen LogP contribution >= 0.6 is 0 Å². The molecule has 1 unspecified atom stereocenters. The largest absolute Gasteiger partial charge is 0.494 e. The maximum atomic E-state index is 13.6. The Morgan fingerprint density at radius 3 is 2.56 bits per heavy atom. The fraction of sp³-hybridized carbons (Fsp3) is 0.385. The van der Waals surface area contributed by atoms with Gasteiger partial charge in [-0.25, -0.2) is 8.42 Å². The molecule has 34 heavy (non-hydrogen) atoms. The quantitative estimate of drug-likeness (QED) is 0.504. The van der Waals surface area contributed by atoms with Crippen molar-refractivity contribution in [3.05, 3.63) is 75.1 Å². The molecule has 4 rings (SSSR count). The first-order chi connectivity index (χ1) is 16.2. The first kappa shape index (κ1) is 24.0. The minimum Gasteiger partial charge on any atom is -0.494 e. The van der Waals surface area contributed by atoms with Crippen LogP contribution in [0.15, 0.2) is 51.9 Å². The van der Waals surface area contributed by atoms with Crippen LogP contribution in [0.25, 0.3) is 11.0 Å². The third-order valence-electron chi connectivity index (χ3n) is 6.09. The van der Waals surface area contributed by atoms with Crippen molar-refractivity contribution in [1.82, 2.24) is 4.90 Å². The second-order valence-electron chi connectivity index (χ2n) is 8.92. The topological polar surface area (TPSA) is 93.9 Å². The molecule has 0 bridgehead atoms. The van der Waals surface area contributed by atoms with Gasteiger partial charge in [0.2, 0.25) is 5.43 Å². The summed E-state index contributed by atoms with van der Waals surface area (Å²) in [6, 6.07) is 10.5. The zero-order valence-electron chi connectivity index (χ0n) is 19.7. The van der Waals surface area contributed by atoms with Crippen molar-refractivity contribution in [2.75, 3.05) is 18.1 Å². The van der Waals surface area contributed by atoms with E-state index in [1.54, 1.807) is 6.07 Å². The van der Waals surface area contributed by atoms with Crippen molar-refractivity contribution in [3.63, 3.8) is 0 Å². The minimum atomic E-state index is -3.24. The third-order valence-corrected chi connectivity index (χ3v) is 7.84. The highest BCUT2D eigenvalue weighted by molar-refractivity contribution is 7.91. The highest BCUT2D eigenvalue weighted by Crippen LogP contribution is 2.24. The summed E-state index contributed by atoms with van der Waals surface area (Å²) in [4.78, 5) is 28.4. The number of aryl methyl sites for hydroxylation is 2. The molecule has 1 fully saturated rings. The Hall–Kier alpha value is -3.13. The molecule has 3 aromatic rings. The van der Waals surface area contributed by atoms with E-state index in [0.29, 0.717) is 24.0 Å². The number of hydrogen-bond acceptors (Lipinski definition) is 6. The normalized spacial score (nSPS) is 17.1. The summed E-state index contributed by atoms with van der Waals surface area (Å²) in [6.45, 7) is 6.55. The number of fused-ring (bicyclic) bond motifs is 1. The number of carbonyl (C=O) groups excluding carboxylic acids is 1. The van der Waals surface area contributed by atoms with E-state index >= 15 is 0 Å². The molecule has 2 heterocycles. The van der Waals surface area contributed by atoms with Crippen LogP contribution in [0.3, 0.4) is 0 Å². The third kappa shape index (κ3) is 5.01. The van der Waals surface area contributed by atoms with Crippen LogP contribution in [0, 0.1) is 13.8 Å². The van der Waals surface area contributed by atoms with E-state index in [-0.39, 0.29) is 23.6 Å². The van der Waals surface area contributed by atoms with Gasteiger partial charge in [-0.1, -0.05) is 25.1 Å². The second-order valence-corrected chi connectivity index (χ2v) is 11.1.